The number of hydrogen-bond acceptors (Lipinski definition) is 4. The number of para-hydroxylation sites is 1. The van der Waals surface area contributed by atoms with Crippen molar-refractivity contribution in [1.29, 1.82) is 0 Å². The van der Waals surface area contributed by atoms with Crippen LogP contribution in [0.1, 0.15) is 22.9 Å². The molecular weight excluding hydrogens is 316 g/mol. The number of morpholine rings is 1. The van der Waals surface area contributed by atoms with Gasteiger partial charge < -0.3 is 14.4 Å². The number of benzene rings is 1. The van der Waals surface area contributed by atoms with E-state index in [9.17, 15) is 4.79 Å². The second-order valence-electron chi connectivity index (χ2n) is 6.34. The number of ether oxygens (including phenoxy) is 2. The Morgan fingerprint density at radius 1 is 1.28 bits per heavy atom. The lowest BCUT2D eigenvalue weighted by Gasteiger charge is -2.34. The normalized spacial score (nSPS) is 19.6. The molecule has 2 aliphatic heterocycles. The number of carbonyl (C=O) groups excluding carboxylic acids is 1. The number of aromatic nitrogens is 1. The van der Waals surface area contributed by atoms with Gasteiger partial charge in [-0.15, -0.1) is 0 Å². The van der Waals surface area contributed by atoms with Crippen LogP contribution in [0, 0.1) is 6.92 Å². The molecule has 0 unspecified atom stereocenters. The number of nitrogens with zero attached hydrogens (tertiary/aromatic N) is 2. The Labute approximate surface area is 146 Å². The third-order valence-corrected chi connectivity index (χ3v) is 4.55. The molecule has 0 spiro atoms. The van der Waals surface area contributed by atoms with Crippen LogP contribution >= 0.6 is 0 Å². The van der Waals surface area contributed by atoms with Crippen LogP contribution in [-0.4, -0.2) is 42.1 Å². The first-order valence-corrected chi connectivity index (χ1v) is 8.46. The van der Waals surface area contributed by atoms with Crippen molar-refractivity contribution in [3.63, 3.8) is 0 Å². The minimum atomic E-state index is -0.114. The number of fused-ring (bicyclic) bond motifs is 1. The van der Waals surface area contributed by atoms with Crippen molar-refractivity contribution in [1.82, 2.24) is 9.88 Å². The summed E-state index contributed by atoms with van der Waals surface area (Å²) in [5.74, 6) is 0.847. The van der Waals surface area contributed by atoms with E-state index in [-0.39, 0.29) is 12.0 Å². The molecule has 1 aromatic heterocycles. The Bertz CT molecular complexity index is 831. The van der Waals surface area contributed by atoms with Gasteiger partial charge in [-0.2, -0.15) is 0 Å². The van der Waals surface area contributed by atoms with E-state index in [1.54, 1.807) is 6.20 Å². The van der Waals surface area contributed by atoms with Gasteiger partial charge in [-0.3, -0.25) is 9.78 Å². The minimum Gasteiger partial charge on any atom is -0.488 e. The van der Waals surface area contributed by atoms with Gasteiger partial charge in [0, 0.05) is 24.0 Å². The summed E-state index contributed by atoms with van der Waals surface area (Å²) in [6.45, 7) is 3.94. The zero-order valence-corrected chi connectivity index (χ0v) is 14.1. The highest BCUT2D eigenvalue weighted by molar-refractivity contribution is 5.99. The third kappa shape index (κ3) is 3.28. The molecule has 0 aliphatic carbocycles. The van der Waals surface area contributed by atoms with Crippen LogP contribution in [0.4, 0.5) is 0 Å². The molecule has 3 heterocycles. The third-order valence-electron chi connectivity index (χ3n) is 4.55. The lowest BCUT2D eigenvalue weighted by molar-refractivity contribution is -0.135. The molecule has 1 atom stereocenters. The Morgan fingerprint density at radius 3 is 3.04 bits per heavy atom. The van der Waals surface area contributed by atoms with Crippen LogP contribution < -0.4 is 4.74 Å². The predicted molar refractivity (Wildman–Crippen MR) is 94.2 cm³/mol. The van der Waals surface area contributed by atoms with Gasteiger partial charge in [0.2, 0.25) is 0 Å². The van der Waals surface area contributed by atoms with E-state index in [0.717, 1.165) is 22.6 Å². The SMILES string of the molecule is Cc1cc([C@@H]2CN(C(=O)C3=Cc4ccccc4OC3)CCO2)ccn1. The molecule has 0 bridgehead atoms. The molecule has 0 radical (unpaired) electrons. The molecule has 1 amide bonds. The van der Waals surface area contributed by atoms with Gasteiger partial charge in [-0.25, -0.2) is 0 Å². The fourth-order valence-corrected chi connectivity index (χ4v) is 3.25. The molecule has 1 fully saturated rings. The highest BCUT2D eigenvalue weighted by atomic mass is 16.5. The average molecular weight is 336 g/mol. The van der Waals surface area contributed by atoms with E-state index in [2.05, 4.69) is 4.98 Å². The number of hydrogen-bond donors (Lipinski definition) is 0. The molecule has 5 nitrogen and oxygen atoms in total. The maximum absolute atomic E-state index is 12.9. The van der Waals surface area contributed by atoms with Gasteiger partial charge in [-0.05, 0) is 36.8 Å². The van der Waals surface area contributed by atoms with Crippen molar-refractivity contribution in [2.75, 3.05) is 26.3 Å². The monoisotopic (exact) mass is 336 g/mol. The zero-order valence-electron chi connectivity index (χ0n) is 14.1. The topological polar surface area (TPSA) is 51.7 Å². The maximum atomic E-state index is 12.9. The van der Waals surface area contributed by atoms with Crippen molar-refractivity contribution < 1.29 is 14.3 Å². The highest BCUT2D eigenvalue weighted by Crippen LogP contribution is 2.28. The summed E-state index contributed by atoms with van der Waals surface area (Å²) in [5, 5.41) is 0. The Kier molecular flexibility index (Phi) is 4.24. The molecule has 0 N–H and O–H groups in total. The lowest BCUT2D eigenvalue weighted by Crippen LogP contribution is -2.43. The van der Waals surface area contributed by atoms with Crippen molar-refractivity contribution in [2.45, 2.75) is 13.0 Å². The van der Waals surface area contributed by atoms with E-state index in [1.807, 2.05) is 54.3 Å². The van der Waals surface area contributed by atoms with Crippen LogP contribution in [-0.2, 0) is 9.53 Å². The smallest absolute Gasteiger partial charge is 0.253 e. The quantitative estimate of drug-likeness (QED) is 0.846. The lowest BCUT2D eigenvalue weighted by atomic mass is 10.0. The first-order valence-electron chi connectivity index (χ1n) is 8.46. The predicted octanol–water partition coefficient (Wildman–Crippen LogP) is 2.77. The first kappa shape index (κ1) is 15.8. The average Bonchev–Trinajstić information content (AvgIpc) is 2.67. The van der Waals surface area contributed by atoms with Gasteiger partial charge in [-0.1, -0.05) is 18.2 Å². The molecule has 1 aromatic carbocycles. The molecule has 2 aliphatic rings. The second kappa shape index (κ2) is 6.69. The van der Waals surface area contributed by atoms with E-state index < -0.39 is 0 Å². The summed E-state index contributed by atoms with van der Waals surface area (Å²) in [6, 6.07) is 11.7. The largest absolute Gasteiger partial charge is 0.488 e. The number of aryl methyl sites for hydroxylation is 1. The Balaban J connectivity index is 1.52. The van der Waals surface area contributed by atoms with Crippen LogP contribution in [0.5, 0.6) is 5.75 Å². The summed E-state index contributed by atoms with van der Waals surface area (Å²) in [7, 11) is 0. The molecule has 2 aromatic rings. The first-order chi connectivity index (χ1) is 12.2. The molecular formula is C20H20N2O3. The van der Waals surface area contributed by atoms with Crippen molar-refractivity contribution >= 4 is 12.0 Å². The van der Waals surface area contributed by atoms with Crippen LogP contribution in [0.3, 0.4) is 0 Å². The molecule has 4 rings (SSSR count). The van der Waals surface area contributed by atoms with Crippen molar-refractivity contribution in [2.24, 2.45) is 0 Å². The summed E-state index contributed by atoms with van der Waals surface area (Å²) < 4.78 is 11.6. The van der Waals surface area contributed by atoms with Gasteiger partial charge in [0.25, 0.3) is 5.91 Å². The number of pyridine rings is 1. The van der Waals surface area contributed by atoms with Crippen LogP contribution in [0.25, 0.3) is 6.08 Å². The second-order valence-corrected chi connectivity index (χ2v) is 6.34. The Hall–Kier alpha value is -2.66. The van der Waals surface area contributed by atoms with Gasteiger partial charge in [0.1, 0.15) is 18.5 Å². The van der Waals surface area contributed by atoms with Gasteiger partial charge in [0.05, 0.1) is 18.7 Å². The maximum Gasteiger partial charge on any atom is 0.253 e. The van der Waals surface area contributed by atoms with Gasteiger partial charge >= 0.3 is 0 Å². The molecule has 0 saturated carbocycles. The number of rotatable bonds is 2. The molecule has 1 saturated heterocycles. The van der Waals surface area contributed by atoms with Crippen molar-refractivity contribution in [3.05, 3.63) is 65.0 Å². The highest BCUT2D eigenvalue weighted by Gasteiger charge is 2.28. The van der Waals surface area contributed by atoms with E-state index in [4.69, 9.17) is 9.47 Å². The minimum absolute atomic E-state index is 0.0218. The standard InChI is InChI=1S/C20H20N2O3/c1-14-10-16(6-7-21-14)19-12-22(8-9-24-19)20(23)17-11-15-4-2-3-5-18(15)25-13-17/h2-7,10-11,19H,8-9,12-13H2,1H3/t19-/m0/s1. The number of amides is 1. The van der Waals surface area contributed by atoms with Crippen LogP contribution in [0.15, 0.2) is 48.2 Å². The summed E-state index contributed by atoms with van der Waals surface area (Å²) in [6.07, 6.45) is 3.60. The molecule has 128 valence electrons. The molecule has 25 heavy (non-hydrogen) atoms. The van der Waals surface area contributed by atoms with Gasteiger partial charge in [0.15, 0.2) is 0 Å². The van der Waals surface area contributed by atoms with Crippen molar-refractivity contribution in [3.8, 4) is 5.75 Å². The van der Waals surface area contributed by atoms with E-state index in [0.29, 0.717) is 31.9 Å². The Morgan fingerprint density at radius 2 is 2.16 bits per heavy atom. The zero-order chi connectivity index (χ0) is 17.2. The fraction of sp³-hybridized carbons (Fsp3) is 0.300. The summed E-state index contributed by atoms with van der Waals surface area (Å²) in [5.41, 5.74) is 3.64. The van der Waals surface area contributed by atoms with E-state index in [1.165, 1.54) is 0 Å². The summed E-state index contributed by atoms with van der Waals surface area (Å²) in [4.78, 5) is 19.0. The summed E-state index contributed by atoms with van der Waals surface area (Å²) >= 11 is 0. The van der Waals surface area contributed by atoms with Crippen LogP contribution in [0.2, 0.25) is 0 Å². The number of carbonyl (C=O) groups is 1. The molecule has 5 heteroatoms. The fourth-order valence-electron chi connectivity index (χ4n) is 3.25. The van der Waals surface area contributed by atoms with E-state index >= 15 is 0 Å².